The minimum Gasteiger partial charge on any atom is -0.492 e. The summed E-state index contributed by atoms with van der Waals surface area (Å²) in [6.45, 7) is 0.801. The molecule has 0 radical (unpaired) electrons. The van der Waals surface area contributed by atoms with Gasteiger partial charge in [-0.1, -0.05) is 36.4 Å². The Bertz CT molecular complexity index is 559. The minimum atomic E-state index is 0.110. The highest BCUT2D eigenvalue weighted by molar-refractivity contribution is 5.44. The highest BCUT2D eigenvalue weighted by Gasteiger charge is 2.00. The van der Waals surface area contributed by atoms with Crippen LogP contribution in [0.2, 0.25) is 0 Å². The number of ether oxygens (including phenoxy) is 2. The van der Waals surface area contributed by atoms with E-state index in [2.05, 4.69) is 0 Å². The normalized spacial score (nSPS) is 9.95. The molecule has 2 aromatic rings. The van der Waals surface area contributed by atoms with Gasteiger partial charge in [-0.25, -0.2) is 5.06 Å². The first-order chi connectivity index (χ1) is 10.3. The molecular weight excluding hydrogens is 270 g/mol. The van der Waals surface area contributed by atoms with Crippen molar-refractivity contribution in [3.63, 3.8) is 0 Å². The molecule has 0 fully saturated rings. The maximum Gasteiger partial charge on any atom is 0.233 e. The zero-order valence-electron chi connectivity index (χ0n) is 11.5. The minimum absolute atomic E-state index is 0.110. The molecule has 0 saturated heterocycles. The van der Waals surface area contributed by atoms with E-state index < -0.39 is 0 Å². The van der Waals surface area contributed by atoms with E-state index in [9.17, 15) is 4.79 Å². The third-order valence-electron chi connectivity index (χ3n) is 2.76. The van der Waals surface area contributed by atoms with Gasteiger partial charge < -0.3 is 9.47 Å². The van der Waals surface area contributed by atoms with Crippen molar-refractivity contribution in [2.45, 2.75) is 6.61 Å². The van der Waals surface area contributed by atoms with Crippen LogP contribution in [0, 0.1) is 0 Å². The Morgan fingerprint density at radius 2 is 1.71 bits per heavy atom. The van der Waals surface area contributed by atoms with Gasteiger partial charge >= 0.3 is 0 Å². The lowest BCUT2D eigenvalue weighted by atomic mass is 10.2. The standard InChI is InChI=1S/C16H17NO4/c18-13-17(19)9-10-20-15-7-4-8-16(11-15)21-12-14-5-2-1-3-6-14/h1-8,11,13,19H,9-10,12H2. The molecule has 2 rings (SSSR count). The maximum atomic E-state index is 10.2. The molecular formula is C16H17NO4. The van der Waals surface area contributed by atoms with E-state index in [0.29, 0.717) is 29.6 Å². The van der Waals surface area contributed by atoms with Crippen molar-refractivity contribution >= 4 is 6.41 Å². The number of benzene rings is 2. The summed E-state index contributed by atoms with van der Waals surface area (Å²) in [5, 5.41) is 9.50. The molecule has 0 aliphatic carbocycles. The Labute approximate surface area is 123 Å². The molecule has 0 heterocycles. The van der Waals surface area contributed by atoms with Crippen LogP contribution < -0.4 is 9.47 Å². The van der Waals surface area contributed by atoms with Gasteiger partial charge in [-0.15, -0.1) is 0 Å². The molecule has 0 unspecified atom stereocenters. The number of hydrogen-bond acceptors (Lipinski definition) is 4. The molecule has 0 aromatic heterocycles. The van der Waals surface area contributed by atoms with Crippen molar-refractivity contribution in [3.05, 3.63) is 60.2 Å². The quantitative estimate of drug-likeness (QED) is 0.460. The smallest absolute Gasteiger partial charge is 0.233 e. The molecule has 1 amide bonds. The van der Waals surface area contributed by atoms with Crippen molar-refractivity contribution in [2.75, 3.05) is 13.2 Å². The lowest BCUT2D eigenvalue weighted by Gasteiger charge is -2.11. The van der Waals surface area contributed by atoms with Crippen LogP contribution >= 0.6 is 0 Å². The summed E-state index contributed by atoms with van der Waals surface area (Å²) in [7, 11) is 0. The van der Waals surface area contributed by atoms with Gasteiger partial charge in [0, 0.05) is 6.07 Å². The van der Waals surface area contributed by atoms with E-state index in [0.717, 1.165) is 5.56 Å². The number of carbonyl (C=O) groups is 1. The fourth-order valence-corrected chi connectivity index (χ4v) is 1.70. The van der Waals surface area contributed by atoms with Gasteiger partial charge in [-0.05, 0) is 17.7 Å². The number of amides is 1. The lowest BCUT2D eigenvalue weighted by molar-refractivity contribution is -0.150. The van der Waals surface area contributed by atoms with Gasteiger partial charge in [0.2, 0.25) is 6.41 Å². The van der Waals surface area contributed by atoms with E-state index in [1.165, 1.54) is 0 Å². The Kier molecular flexibility index (Phi) is 5.60. The number of hydrogen-bond donors (Lipinski definition) is 1. The van der Waals surface area contributed by atoms with E-state index in [4.69, 9.17) is 14.7 Å². The first-order valence-electron chi connectivity index (χ1n) is 6.58. The summed E-state index contributed by atoms with van der Waals surface area (Å²) >= 11 is 0. The third kappa shape index (κ3) is 5.16. The van der Waals surface area contributed by atoms with Crippen LogP contribution in [-0.2, 0) is 11.4 Å². The Morgan fingerprint density at radius 1 is 1.00 bits per heavy atom. The average molecular weight is 287 g/mol. The Morgan fingerprint density at radius 3 is 2.43 bits per heavy atom. The molecule has 5 nitrogen and oxygen atoms in total. The summed E-state index contributed by atoms with van der Waals surface area (Å²) in [4.78, 5) is 10.2. The first-order valence-corrected chi connectivity index (χ1v) is 6.58. The zero-order chi connectivity index (χ0) is 14.9. The first kappa shape index (κ1) is 14.9. The second kappa shape index (κ2) is 7.91. The largest absolute Gasteiger partial charge is 0.492 e. The van der Waals surface area contributed by atoms with Gasteiger partial charge in [0.15, 0.2) is 0 Å². The number of rotatable bonds is 8. The van der Waals surface area contributed by atoms with Crippen LogP contribution in [0.5, 0.6) is 11.5 Å². The summed E-state index contributed by atoms with van der Waals surface area (Å²) in [6, 6.07) is 17.1. The molecule has 0 spiro atoms. The van der Waals surface area contributed by atoms with Crippen molar-refractivity contribution in [3.8, 4) is 11.5 Å². The van der Waals surface area contributed by atoms with Crippen molar-refractivity contribution < 1.29 is 19.5 Å². The zero-order valence-corrected chi connectivity index (χ0v) is 11.5. The van der Waals surface area contributed by atoms with Crippen molar-refractivity contribution in [1.82, 2.24) is 5.06 Å². The van der Waals surface area contributed by atoms with Crippen LogP contribution in [0.15, 0.2) is 54.6 Å². The summed E-state index contributed by atoms with van der Waals surface area (Å²) in [6.07, 6.45) is 0.336. The van der Waals surface area contributed by atoms with Crippen LogP contribution in [-0.4, -0.2) is 29.8 Å². The van der Waals surface area contributed by atoms with Crippen LogP contribution in [0.25, 0.3) is 0 Å². The Balaban J connectivity index is 1.84. The number of carbonyl (C=O) groups excluding carboxylic acids is 1. The van der Waals surface area contributed by atoms with Gasteiger partial charge in [-0.3, -0.25) is 10.0 Å². The molecule has 0 atom stereocenters. The maximum absolute atomic E-state index is 10.2. The molecule has 5 heteroatoms. The fourth-order valence-electron chi connectivity index (χ4n) is 1.70. The molecule has 2 aromatic carbocycles. The lowest BCUT2D eigenvalue weighted by Crippen LogP contribution is -2.23. The topological polar surface area (TPSA) is 59.0 Å². The molecule has 0 aliphatic rings. The van der Waals surface area contributed by atoms with Gasteiger partial charge in [0.1, 0.15) is 24.7 Å². The molecule has 0 saturated carbocycles. The van der Waals surface area contributed by atoms with Gasteiger partial charge in [-0.2, -0.15) is 0 Å². The van der Waals surface area contributed by atoms with Crippen molar-refractivity contribution in [2.24, 2.45) is 0 Å². The summed E-state index contributed by atoms with van der Waals surface area (Å²) < 4.78 is 11.1. The van der Waals surface area contributed by atoms with E-state index in [1.54, 1.807) is 12.1 Å². The van der Waals surface area contributed by atoms with Crippen LogP contribution in [0.4, 0.5) is 0 Å². The predicted octanol–water partition coefficient (Wildman–Crippen LogP) is 2.49. The number of hydroxylamine groups is 2. The fraction of sp³-hybridized carbons (Fsp3) is 0.188. The second-order valence-electron chi connectivity index (χ2n) is 4.37. The second-order valence-corrected chi connectivity index (χ2v) is 4.37. The summed E-state index contributed by atoms with van der Waals surface area (Å²) in [5.41, 5.74) is 1.09. The predicted molar refractivity (Wildman–Crippen MR) is 77.3 cm³/mol. The SMILES string of the molecule is O=CN(O)CCOc1cccc(OCc2ccccc2)c1. The molecule has 0 aliphatic heterocycles. The highest BCUT2D eigenvalue weighted by atomic mass is 16.5. The molecule has 0 bridgehead atoms. The van der Waals surface area contributed by atoms with Crippen LogP contribution in [0.1, 0.15) is 5.56 Å². The van der Waals surface area contributed by atoms with E-state index in [1.807, 2.05) is 42.5 Å². The number of nitrogens with zero attached hydrogens (tertiary/aromatic N) is 1. The molecule has 110 valence electrons. The van der Waals surface area contributed by atoms with Crippen LogP contribution in [0.3, 0.4) is 0 Å². The van der Waals surface area contributed by atoms with Gasteiger partial charge in [0.05, 0.1) is 6.54 Å². The van der Waals surface area contributed by atoms with Gasteiger partial charge in [0.25, 0.3) is 0 Å². The summed E-state index contributed by atoms with van der Waals surface area (Å²) in [5.74, 6) is 1.33. The van der Waals surface area contributed by atoms with Crippen molar-refractivity contribution in [1.29, 1.82) is 0 Å². The monoisotopic (exact) mass is 287 g/mol. The molecule has 21 heavy (non-hydrogen) atoms. The molecule has 1 N–H and O–H groups in total. The van der Waals surface area contributed by atoms with E-state index in [-0.39, 0.29) is 13.2 Å². The highest BCUT2D eigenvalue weighted by Crippen LogP contribution is 2.20. The Hall–Kier alpha value is -2.53. The van der Waals surface area contributed by atoms with E-state index >= 15 is 0 Å². The third-order valence-corrected chi connectivity index (χ3v) is 2.76. The average Bonchev–Trinajstić information content (AvgIpc) is 2.54.